The minimum Gasteiger partial charge on any atom is -0.469 e. The minimum absolute atomic E-state index is 0.156. The van der Waals surface area contributed by atoms with E-state index < -0.39 is 0 Å². The quantitative estimate of drug-likeness (QED) is 0.755. The first-order chi connectivity index (χ1) is 9.02. The summed E-state index contributed by atoms with van der Waals surface area (Å²) in [5.41, 5.74) is 6.86. The van der Waals surface area contributed by atoms with E-state index in [0.29, 0.717) is 0 Å². The minimum atomic E-state index is -0.347. The molecule has 104 valence electrons. The summed E-state index contributed by atoms with van der Waals surface area (Å²) in [5.74, 6) is -0.520. The van der Waals surface area contributed by atoms with Crippen LogP contribution in [0.25, 0.3) is 0 Å². The number of rotatable bonds is 6. The summed E-state index contributed by atoms with van der Waals surface area (Å²) in [7, 11) is 1.32. The molecule has 1 rings (SSSR count). The molecular formula is C14H20N2O3. The predicted octanol–water partition coefficient (Wildman–Crippen LogP) is 1.14. The Kier molecular flexibility index (Phi) is 6.02. The van der Waals surface area contributed by atoms with E-state index in [1.165, 1.54) is 7.11 Å². The third-order valence-corrected chi connectivity index (χ3v) is 2.74. The lowest BCUT2D eigenvalue weighted by atomic mass is 10.0. The maximum atomic E-state index is 11.8. The molecule has 0 aromatic heterocycles. The molecule has 0 aliphatic rings. The molecule has 2 atom stereocenters. The molecule has 0 spiro atoms. The summed E-state index contributed by atoms with van der Waals surface area (Å²) >= 11 is 0. The normalized spacial score (nSPS) is 13.4. The van der Waals surface area contributed by atoms with E-state index in [0.717, 1.165) is 5.56 Å². The summed E-state index contributed by atoms with van der Waals surface area (Å²) in [6.07, 6.45) is 0.346. The Morgan fingerprint density at radius 1 is 1.26 bits per heavy atom. The monoisotopic (exact) mass is 264 g/mol. The average molecular weight is 264 g/mol. The van der Waals surface area contributed by atoms with E-state index in [2.05, 4.69) is 10.1 Å². The molecule has 0 saturated heterocycles. The molecule has 1 aromatic rings. The molecule has 5 heteroatoms. The largest absolute Gasteiger partial charge is 0.469 e. The van der Waals surface area contributed by atoms with Crippen LogP contribution in [0.15, 0.2) is 30.3 Å². The molecule has 2 unspecified atom stereocenters. The van der Waals surface area contributed by atoms with Gasteiger partial charge in [-0.25, -0.2) is 0 Å². The molecule has 0 aliphatic carbocycles. The maximum absolute atomic E-state index is 11.8. The summed E-state index contributed by atoms with van der Waals surface area (Å²) < 4.78 is 4.54. The maximum Gasteiger partial charge on any atom is 0.307 e. The lowest BCUT2D eigenvalue weighted by Crippen LogP contribution is -2.36. The Hall–Kier alpha value is -1.88. The molecule has 0 saturated carbocycles. The third kappa shape index (κ3) is 5.52. The number of ether oxygens (including phenoxy) is 1. The van der Waals surface area contributed by atoms with Gasteiger partial charge in [0.15, 0.2) is 0 Å². The fraction of sp³-hybridized carbons (Fsp3) is 0.429. The van der Waals surface area contributed by atoms with Gasteiger partial charge in [-0.3, -0.25) is 9.59 Å². The van der Waals surface area contributed by atoms with E-state index >= 15 is 0 Å². The number of amides is 1. The molecule has 1 aromatic carbocycles. The first kappa shape index (κ1) is 15.2. The molecule has 0 aliphatic heterocycles. The first-order valence-electron chi connectivity index (χ1n) is 6.19. The first-order valence-corrected chi connectivity index (χ1v) is 6.19. The smallest absolute Gasteiger partial charge is 0.307 e. The average Bonchev–Trinajstić information content (AvgIpc) is 2.39. The van der Waals surface area contributed by atoms with Crippen molar-refractivity contribution in [2.45, 2.75) is 31.8 Å². The topological polar surface area (TPSA) is 81.4 Å². The predicted molar refractivity (Wildman–Crippen MR) is 72.2 cm³/mol. The number of hydrogen-bond donors (Lipinski definition) is 2. The number of carbonyl (C=O) groups excluding carboxylic acids is 2. The van der Waals surface area contributed by atoms with Crippen molar-refractivity contribution in [2.75, 3.05) is 7.11 Å². The highest BCUT2D eigenvalue weighted by Gasteiger charge is 2.15. The van der Waals surface area contributed by atoms with E-state index in [1.54, 1.807) is 6.92 Å². The highest BCUT2D eigenvalue weighted by Crippen LogP contribution is 2.13. The molecule has 0 fully saturated rings. The van der Waals surface area contributed by atoms with Crippen LogP contribution in [-0.4, -0.2) is 25.0 Å². The van der Waals surface area contributed by atoms with E-state index in [-0.39, 0.29) is 36.8 Å². The summed E-state index contributed by atoms with van der Waals surface area (Å²) in [5, 5.41) is 2.73. The number of hydrogen-bond acceptors (Lipinski definition) is 4. The molecular weight excluding hydrogens is 244 g/mol. The second-order valence-corrected chi connectivity index (χ2v) is 4.47. The van der Waals surface area contributed by atoms with Crippen molar-refractivity contribution < 1.29 is 14.3 Å². The van der Waals surface area contributed by atoms with Crippen LogP contribution >= 0.6 is 0 Å². The van der Waals surface area contributed by atoms with Crippen molar-refractivity contribution in [3.8, 4) is 0 Å². The highest BCUT2D eigenvalue weighted by molar-refractivity contribution is 5.78. The summed E-state index contributed by atoms with van der Waals surface area (Å²) in [6, 6.07) is 8.83. The van der Waals surface area contributed by atoms with Crippen molar-refractivity contribution >= 4 is 11.9 Å². The van der Waals surface area contributed by atoms with Gasteiger partial charge < -0.3 is 15.8 Å². The van der Waals surface area contributed by atoms with Gasteiger partial charge in [-0.05, 0) is 12.5 Å². The van der Waals surface area contributed by atoms with Crippen LogP contribution in [-0.2, 0) is 14.3 Å². The Bertz CT molecular complexity index is 420. The van der Waals surface area contributed by atoms with Gasteiger partial charge in [0.05, 0.1) is 13.5 Å². The van der Waals surface area contributed by atoms with Crippen molar-refractivity contribution in [1.29, 1.82) is 0 Å². The lowest BCUT2D eigenvalue weighted by Gasteiger charge is -2.15. The molecule has 3 N–H and O–H groups in total. The van der Waals surface area contributed by atoms with Crippen molar-refractivity contribution in [3.63, 3.8) is 0 Å². The van der Waals surface area contributed by atoms with Crippen LogP contribution in [0.5, 0.6) is 0 Å². The van der Waals surface area contributed by atoms with Gasteiger partial charge in [0.2, 0.25) is 5.91 Å². The molecule has 0 radical (unpaired) electrons. The van der Waals surface area contributed by atoms with E-state index in [1.807, 2.05) is 30.3 Å². The zero-order valence-electron chi connectivity index (χ0n) is 11.3. The molecule has 0 bridgehead atoms. The number of carbonyl (C=O) groups is 2. The number of methoxy groups -OCH3 is 1. The van der Waals surface area contributed by atoms with Gasteiger partial charge in [-0.2, -0.15) is 0 Å². The van der Waals surface area contributed by atoms with Gasteiger partial charge in [0, 0.05) is 18.5 Å². The standard InChI is InChI=1S/C14H20N2O3/c1-10(8-14(18)19-2)16-13(17)9-12(15)11-6-4-3-5-7-11/h3-7,10,12H,8-9,15H2,1-2H3,(H,16,17). The van der Waals surface area contributed by atoms with Crippen LogP contribution in [0.4, 0.5) is 0 Å². The number of benzene rings is 1. The number of esters is 1. The lowest BCUT2D eigenvalue weighted by molar-refractivity contribution is -0.141. The Labute approximate surface area is 113 Å². The van der Waals surface area contributed by atoms with Crippen molar-refractivity contribution in [2.24, 2.45) is 5.73 Å². The van der Waals surface area contributed by atoms with E-state index in [4.69, 9.17) is 5.73 Å². The fourth-order valence-electron chi connectivity index (χ4n) is 1.74. The zero-order valence-corrected chi connectivity index (χ0v) is 11.3. The van der Waals surface area contributed by atoms with Crippen LogP contribution < -0.4 is 11.1 Å². The third-order valence-electron chi connectivity index (χ3n) is 2.74. The van der Waals surface area contributed by atoms with Crippen molar-refractivity contribution in [1.82, 2.24) is 5.32 Å². The number of nitrogens with two attached hydrogens (primary N) is 1. The summed E-state index contributed by atoms with van der Waals surface area (Å²) in [6.45, 7) is 1.75. The van der Waals surface area contributed by atoms with Crippen LogP contribution in [0.1, 0.15) is 31.4 Å². The second kappa shape index (κ2) is 7.53. The van der Waals surface area contributed by atoms with Gasteiger partial charge in [-0.1, -0.05) is 30.3 Å². The Balaban J connectivity index is 2.41. The van der Waals surface area contributed by atoms with Gasteiger partial charge in [-0.15, -0.1) is 0 Å². The zero-order chi connectivity index (χ0) is 14.3. The fourth-order valence-corrected chi connectivity index (χ4v) is 1.74. The summed E-state index contributed by atoms with van der Waals surface area (Å²) in [4.78, 5) is 22.8. The highest BCUT2D eigenvalue weighted by atomic mass is 16.5. The van der Waals surface area contributed by atoms with Gasteiger partial charge in [0.1, 0.15) is 0 Å². The number of nitrogens with one attached hydrogen (secondary N) is 1. The van der Waals surface area contributed by atoms with Gasteiger partial charge >= 0.3 is 5.97 Å². The Morgan fingerprint density at radius 3 is 2.47 bits per heavy atom. The van der Waals surface area contributed by atoms with Crippen LogP contribution in [0, 0.1) is 0 Å². The molecule has 1 amide bonds. The van der Waals surface area contributed by atoms with Crippen molar-refractivity contribution in [3.05, 3.63) is 35.9 Å². The van der Waals surface area contributed by atoms with E-state index in [9.17, 15) is 9.59 Å². The van der Waals surface area contributed by atoms with Gasteiger partial charge in [0.25, 0.3) is 0 Å². The Morgan fingerprint density at radius 2 is 1.89 bits per heavy atom. The SMILES string of the molecule is COC(=O)CC(C)NC(=O)CC(N)c1ccccc1. The molecule has 0 heterocycles. The van der Waals surface area contributed by atoms with Crippen LogP contribution in [0.3, 0.4) is 0 Å². The molecule has 5 nitrogen and oxygen atoms in total. The second-order valence-electron chi connectivity index (χ2n) is 4.47. The van der Waals surface area contributed by atoms with Crippen LogP contribution in [0.2, 0.25) is 0 Å². The molecule has 19 heavy (non-hydrogen) atoms.